The van der Waals surface area contributed by atoms with Gasteiger partial charge in [-0.15, -0.1) is 0 Å². The molecule has 0 saturated carbocycles. The zero-order valence-corrected chi connectivity index (χ0v) is 24.3. The van der Waals surface area contributed by atoms with Crippen LogP contribution in [0.1, 0.15) is 0 Å². The summed E-state index contributed by atoms with van der Waals surface area (Å²) < 4.78 is 15.4. The summed E-state index contributed by atoms with van der Waals surface area (Å²) in [5.41, 5.74) is 4.47. The molecule has 8 rings (SSSR count). The Kier molecular flexibility index (Phi) is 6.10. The molecule has 0 saturated heterocycles. The molecule has 0 aliphatic rings. The topological polar surface area (TPSA) is 29.1 Å². The standard InChI is InChI=1S/C40H28NOP/c42-43(33-12-6-2-7-13-33,34-14-8-3-9-15-34)38-27-21-30-19-25-36-35(24-18-29-20-26-37(38)40(30)39(29)36)28-16-22-32(23-17-28)41-31-10-4-1-5-11-31/h1-27,41H. The van der Waals surface area contributed by atoms with E-state index in [0.717, 1.165) is 43.6 Å². The van der Waals surface area contributed by atoms with Crippen LogP contribution in [0.25, 0.3) is 43.4 Å². The van der Waals surface area contributed by atoms with Crippen LogP contribution in [0.2, 0.25) is 0 Å². The summed E-state index contributed by atoms with van der Waals surface area (Å²) in [6, 6.07) is 56.2. The first-order chi connectivity index (χ1) is 21.2. The second-order valence-electron chi connectivity index (χ2n) is 11.0. The first-order valence-electron chi connectivity index (χ1n) is 14.5. The molecule has 0 aliphatic heterocycles. The monoisotopic (exact) mass is 569 g/mol. The van der Waals surface area contributed by atoms with E-state index in [9.17, 15) is 0 Å². The number of anilines is 2. The van der Waals surface area contributed by atoms with Gasteiger partial charge < -0.3 is 9.88 Å². The van der Waals surface area contributed by atoms with E-state index in [2.05, 4.69) is 90.2 Å². The minimum Gasteiger partial charge on any atom is -0.356 e. The zero-order valence-electron chi connectivity index (χ0n) is 23.4. The largest absolute Gasteiger partial charge is 0.356 e. The van der Waals surface area contributed by atoms with Gasteiger partial charge in [-0.3, -0.25) is 0 Å². The quantitative estimate of drug-likeness (QED) is 0.160. The van der Waals surface area contributed by atoms with Crippen molar-refractivity contribution < 1.29 is 4.57 Å². The molecule has 0 unspecified atom stereocenters. The predicted molar refractivity (Wildman–Crippen MR) is 185 cm³/mol. The van der Waals surface area contributed by atoms with Crippen LogP contribution in [0.4, 0.5) is 11.4 Å². The summed E-state index contributed by atoms with van der Waals surface area (Å²) in [7, 11) is -3.15. The Hall–Kier alpha value is -5.17. The highest BCUT2D eigenvalue weighted by Gasteiger charge is 2.32. The normalized spacial score (nSPS) is 11.8. The molecular formula is C40H28NOP. The molecule has 0 heterocycles. The molecule has 0 bridgehead atoms. The third-order valence-corrected chi connectivity index (χ3v) is 11.6. The Labute approximate surface area is 251 Å². The van der Waals surface area contributed by atoms with E-state index >= 15 is 4.57 Å². The first kappa shape index (κ1) is 25.5. The minimum atomic E-state index is -3.15. The molecule has 0 aromatic heterocycles. The van der Waals surface area contributed by atoms with Gasteiger partial charge in [-0.2, -0.15) is 0 Å². The molecule has 0 spiro atoms. The third kappa shape index (κ3) is 4.23. The molecule has 8 aromatic carbocycles. The average Bonchev–Trinajstić information content (AvgIpc) is 3.08. The Bertz CT molecular complexity index is 2220. The molecule has 0 radical (unpaired) electrons. The van der Waals surface area contributed by atoms with E-state index in [1.807, 2.05) is 78.9 Å². The second-order valence-corrected chi connectivity index (χ2v) is 13.7. The van der Waals surface area contributed by atoms with Crippen molar-refractivity contribution in [3.63, 3.8) is 0 Å². The summed E-state index contributed by atoms with van der Waals surface area (Å²) in [6.45, 7) is 0. The van der Waals surface area contributed by atoms with Crippen LogP contribution in [-0.4, -0.2) is 0 Å². The summed E-state index contributed by atoms with van der Waals surface area (Å²) in [4.78, 5) is 0. The molecular weight excluding hydrogens is 541 g/mol. The van der Waals surface area contributed by atoms with Crippen molar-refractivity contribution in [1.82, 2.24) is 0 Å². The lowest BCUT2D eigenvalue weighted by molar-refractivity contribution is 0.592. The maximum absolute atomic E-state index is 15.4. The van der Waals surface area contributed by atoms with Gasteiger partial charge in [-0.25, -0.2) is 0 Å². The van der Waals surface area contributed by atoms with Crippen LogP contribution in [0.5, 0.6) is 0 Å². The molecule has 0 atom stereocenters. The Balaban J connectivity index is 1.32. The second kappa shape index (κ2) is 10.3. The molecule has 8 aromatic rings. The molecule has 1 N–H and O–H groups in total. The van der Waals surface area contributed by atoms with Gasteiger partial charge >= 0.3 is 0 Å². The Morgan fingerprint density at radius 2 is 0.907 bits per heavy atom. The van der Waals surface area contributed by atoms with Crippen molar-refractivity contribution in [2.75, 3.05) is 5.32 Å². The van der Waals surface area contributed by atoms with Crippen molar-refractivity contribution in [3.05, 3.63) is 164 Å². The van der Waals surface area contributed by atoms with Gasteiger partial charge in [-0.05, 0) is 73.8 Å². The molecule has 0 aliphatic carbocycles. The molecule has 204 valence electrons. The number of rotatable bonds is 6. The van der Waals surface area contributed by atoms with Gasteiger partial charge in [0.1, 0.15) is 0 Å². The fourth-order valence-electron chi connectivity index (χ4n) is 6.44. The van der Waals surface area contributed by atoms with Crippen LogP contribution in [0.3, 0.4) is 0 Å². The third-order valence-electron chi connectivity index (χ3n) is 8.48. The lowest BCUT2D eigenvalue weighted by Gasteiger charge is -2.23. The van der Waals surface area contributed by atoms with E-state index < -0.39 is 7.14 Å². The summed E-state index contributed by atoms with van der Waals surface area (Å²) in [5.74, 6) is 0. The number of nitrogens with one attached hydrogen (secondary N) is 1. The number of benzene rings is 8. The fourth-order valence-corrected chi connectivity index (χ4v) is 9.28. The van der Waals surface area contributed by atoms with Crippen molar-refractivity contribution >= 4 is 66.7 Å². The molecule has 43 heavy (non-hydrogen) atoms. The van der Waals surface area contributed by atoms with E-state index in [1.165, 1.54) is 27.1 Å². The maximum Gasteiger partial charge on any atom is 0.171 e. The van der Waals surface area contributed by atoms with Crippen LogP contribution >= 0.6 is 7.14 Å². The lowest BCUT2D eigenvalue weighted by atomic mass is 9.90. The number of para-hydroxylation sites is 1. The SMILES string of the molecule is O=P(c1ccccc1)(c1ccccc1)c1ccc2ccc3c(-c4ccc(Nc5ccccc5)cc4)ccc4ccc1c2c43. The Morgan fingerprint density at radius 3 is 1.53 bits per heavy atom. The van der Waals surface area contributed by atoms with Crippen LogP contribution in [0.15, 0.2) is 164 Å². The number of hydrogen-bond donors (Lipinski definition) is 1. The molecule has 0 amide bonds. The van der Waals surface area contributed by atoms with Gasteiger partial charge in [0, 0.05) is 27.3 Å². The van der Waals surface area contributed by atoms with Gasteiger partial charge in [0.2, 0.25) is 0 Å². The molecule has 3 heteroatoms. The van der Waals surface area contributed by atoms with Crippen molar-refractivity contribution in [2.24, 2.45) is 0 Å². The molecule has 0 fully saturated rings. The lowest BCUT2D eigenvalue weighted by Crippen LogP contribution is -2.25. The predicted octanol–water partition coefficient (Wildman–Crippen LogP) is 9.63. The van der Waals surface area contributed by atoms with Gasteiger partial charge in [0.15, 0.2) is 7.14 Å². The van der Waals surface area contributed by atoms with Gasteiger partial charge in [-0.1, -0.05) is 133 Å². The highest BCUT2D eigenvalue weighted by atomic mass is 31.2. The van der Waals surface area contributed by atoms with Crippen LogP contribution in [0, 0.1) is 0 Å². The smallest absolute Gasteiger partial charge is 0.171 e. The van der Waals surface area contributed by atoms with Gasteiger partial charge in [0.05, 0.1) is 0 Å². The maximum atomic E-state index is 15.4. The van der Waals surface area contributed by atoms with Crippen LogP contribution < -0.4 is 21.2 Å². The highest BCUT2D eigenvalue weighted by Crippen LogP contribution is 2.47. The summed E-state index contributed by atoms with van der Waals surface area (Å²) >= 11 is 0. The first-order valence-corrected chi connectivity index (χ1v) is 16.3. The minimum absolute atomic E-state index is 0.848. The van der Waals surface area contributed by atoms with Crippen LogP contribution in [-0.2, 0) is 4.57 Å². The van der Waals surface area contributed by atoms with Gasteiger partial charge in [0.25, 0.3) is 0 Å². The van der Waals surface area contributed by atoms with E-state index in [1.54, 1.807) is 0 Å². The average molecular weight is 570 g/mol. The molecule has 2 nitrogen and oxygen atoms in total. The Morgan fingerprint density at radius 1 is 0.419 bits per heavy atom. The summed E-state index contributed by atoms with van der Waals surface area (Å²) in [5, 5.41) is 13.0. The van der Waals surface area contributed by atoms with E-state index in [-0.39, 0.29) is 0 Å². The zero-order chi connectivity index (χ0) is 28.8. The van der Waals surface area contributed by atoms with Crippen molar-refractivity contribution in [1.29, 1.82) is 0 Å². The highest BCUT2D eigenvalue weighted by molar-refractivity contribution is 7.85. The van der Waals surface area contributed by atoms with E-state index in [0.29, 0.717) is 0 Å². The number of hydrogen-bond acceptors (Lipinski definition) is 2. The van der Waals surface area contributed by atoms with Crippen molar-refractivity contribution in [2.45, 2.75) is 0 Å². The summed E-state index contributed by atoms with van der Waals surface area (Å²) in [6.07, 6.45) is 0. The van der Waals surface area contributed by atoms with E-state index in [4.69, 9.17) is 0 Å². The fraction of sp³-hybridized carbons (Fsp3) is 0. The van der Waals surface area contributed by atoms with Crippen molar-refractivity contribution in [3.8, 4) is 11.1 Å².